The summed E-state index contributed by atoms with van der Waals surface area (Å²) in [6, 6.07) is 12.0. The van der Waals surface area contributed by atoms with Gasteiger partial charge in [-0.1, -0.05) is 53.2 Å². The number of carbonyl (C=O) groups excluding carboxylic acids is 1. The van der Waals surface area contributed by atoms with E-state index in [1.54, 1.807) is 0 Å². The van der Waals surface area contributed by atoms with Crippen LogP contribution in [0.25, 0.3) is 22.3 Å². The molecular weight excluding hydrogens is 424 g/mol. The van der Waals surface area contributed by atoms with Crippen molar-refractivity contribution in [1.82, 2.24) is 19.7 Å². The number of aryl methyl sites for hydroxylation is 3. The number of aromatic hydroxyl groups is 1. The Morgan fingerprint density at radius 1 is 1.12 bits per heavy atom. The van der Waals surface area contributed by atoms with Crippen LogP contribution >= 0.6 is 11.8 Å². The Labute approximate surface area is 189 Å². The van der Waals surface area contributed by atoms with Gasteiger partial charge in [0.1, 0.15) is 0 Å². The van der Waals surface area contributed by atoms with Crippen LogP contribution in [0.15, 0.2) is 51.8 Å². The first kappa shape index (κ1) is 21.8. The predicted octanol–water partition coefficient (Wildman–Crippen LogP) is 5.48. The van der Waals surface area contributed by atoms with Crippen LogP contribution in [0.5, 0.6) is 5.88 Å². The topological polar surface area (TPSA) is 109 Å². The molecule has 32 heavy (non-hydrogen) atoms. The second kappa shape index (κ2) is 8.96. The van der Waals surface area contributed by atoms with Crippen molar-refractivity contribution in [3.63, 3.8) is 0 Å². The van der Waals surface area contributed by atoms with Gasteiger partial charge in [0, 0.05) is 17.5 Å². The Hall–Kier alpha value is -3.46. The van der Waals surface area contributed by atoms with Gasteiger partial charge in [0.15, 0.2) is 16.7 Å². The zero-order valence-corrected chi connectivity index (χ0v) is 19.2. The zero-order valence-electron chi connectivity index (χ0n) is 18.4. The number of thioether (sulfide) groups is 1. The van der Waals surface area contributed by atoms with Crippen molar-refractivity contribution in [1.29, 1.82) is 0 Å². The first-order valence-corrected chi connectivity index (χ1v) is 11.3. The van der Waals surface area contributed by atoms with Gasteiger partial charge in [0.25, 0.3) is 5.91 Å². The van der Waals surface area contributed by atoms with Crippen molar-refractivity contribution in [2.45, 2.75) is 39.4 Å². The molecule has 8 nitrogen and oxygen atoms in total. The lowest BCUT2D eigenvalue weighted by atomic mass is 10.1. The Bertz CT molecular complexity index is 1320. The second-order valence-corrected chi connectivity index (χ2v) is 8.57. The van der Waals surface area contributed by atoms with Crippen molar-refractivity contribution in [3.05, 3.63) is 53.1 Å². The number of fused-ring (bicyclic) bond motifs is 1. The van der Waals surface area contributed by atoms with E-state index < -0.39 is 5.91 Å². The van der Waals surface area contributed by atoms with Crippen LogP contribution in [0.3, 0.4) is 0 Å². The third-order valence-electron chi connectivity index (χ3n) is 5.13. The van der Waals surface area contributed by atoms with E-state index >= 15 is 0 Å². The first-order valence-electron chi connectivity index (χ1n) is 10.3. The molecule has 0 unspecified atom stereocenters. The molecule has 2 aromatic heterocycles. The number of aromatic nitrogens is 4. The van der Waals surface area contributed by atoms with E-state index in [0.717, 1.165) is 33.4 Å². The molecule has 0 saturated heterocycles. The third kappa shape index (κ3) is 4.29. The highest BCUT2D eigenvalue weighted by atomic mass is 32.2. The van der Waals surface area contributed by atoms with Crippen molar-refractivity contribution in [3.8, 4) is 17.3 Å². The molecule has 0 aliphatic carbocycles. The number of aromatic amines is 1. The average Bonchev–Trinajstić information content (AvgIpc) is 3.31. The van der Waals surface area contributed by atoms with Gasteiger partial charge < -0.3 is 14.7 Å². The smallest absolute Gasteiger partial charge is 0.275 e. The van der Waals surface area contributed by atoms with E-state index in [4.69, 9.17) is 0 Å². The largest absolute Gasteiger partial charge is 0.493 e. The summed E-state index contributed by atoms with van der Waals surface area (Å²) in [5.41, 5.74) is 5.22. The van der Waals surface area contributed by atoms with Gasteiger partial charge in [-0.2, -0.15) is 0 Å². The number of azo groups is 1. The zero-order chi connectivity index (χ0) is 22.8. The Morgan fingerprint density at radius 2 is 1.88 bits per heavy atom. The van der Waals surface area contributed by atoms with Crippen LogP contribution in [-0.4, -0.2) is 36.5 Å². The Kier molecular flexibility index (Phi) is 6.09. The van der Waals surface area contributed by atoms with Crippen molar-refractivity contribution in [2.75, 3.05) is 5.75 Å². The van der Waals surface area contributed by atoms with E-state index in [2.05, 4.69) is 25.4 Å². The van der Waals surface area contributed by atoms with E-state index in [1.165, 1.54) is 17.3 Å². The molecule has 164 valence electrons. The van der Waals surface area contributed by atoms with Crippen molar-refractivity contribution in [2.24, 2.45) is 10.2 Å². The van der Waals surface area contributed by atoms with Gasteiger partial charge in [0.05, 0.1) is 11.3 Å². The molecule has 0 fully saturated rings. The van der Waals surface area contributed by atoms with Crippen LogP contribution in [0.1, 0.15) is 23.6 Å². The van der Waals surface area contributed by atoms with E-state index in [0.29, 0.717) is 11.7 Å². The summed E-state index contributed by atoms with van der Waals surface area (Å²) in [5.74, 6) is 0.303. The molecule has 0 saturated carbocycles. The van der Waals surface area contributed by atoms with Gasteiger partial charge in [-0.05, 0) is 39.3 Å². The maximum Gasteiger partial charge on any atom is 0.275 e. The summed E-state index contributed by atoms with van der Waals surface area (Å²) >= 11 is 1.26. The molecule has 0 atom stereocenters. The van der Waals surface area contributed by atoms with Crippen LogP contribution in [0.2, 0.25) is 0 Å². The minimum atomic E-state index is -0.421. The second-order valence-electron chi connectivity index (χ2n) is 7.63. The number of rotatable bonds is 6. The molecule has 1 amide bonds. The van der Waals surface area contributed by atoms with Crippen LogP contribution in [-0.2, 0) is 11.3 Å². The van der Waals surface area contributed by atoms with Crippen LogP contribution in [0, 0.1) is 20.8 Å². The summed E-state index contributed by atoms with van der Waals surface area (Å²) in [7, 11) is 0. The SMILES string of the molecule is CCn1c(SCC(=O)N=Nc2c(O)[nH]c3c(C)cc(C)cc23)nnc1-c1ccc(C)cc1. The number of amides is 1. The minimum Gasteiger partial charge on any atom is -0.493 e. The number of carbonyl (C=O) groups is 1. The fourth-order valence-corrected chi connectivity index (χ4v) is 4.36. The summed E-state index contributed by atoms with van der Waals surface area (Å²) in [6.07, 6.45) is 0. The fraction of sp³-hybridized carbons (Fsp3) is 0.261. The molecule has 0 radical (unpaired) electrons. The number of H-pyrrole nitrogens is 1. The molecule has 0 aliphatic heterocycles. The number of hydrogen-bond donors (Lipinski definition) is 2. The molecule has 4 rings (SSSR count). The van der Waals surface area contributed by atoms with Crippen molar-refractivity contribution >= 4 is 34.3 Å². The standard InChI is InChI=1S/C23H24N6O2S/c1-5-29-21(16-8-6-13(2)7-9-16)27-28-23(29)32-12-18(30)25-26-20-17-11-14(3)10-15(4)19(17)24-22(20)31/h6-11,24,31H,5,12H2,1-4H3. The van der Waals surface area contributed by atoms with Crippen LogP contribution in [0.4, 0.5) is 5.69 Å². The van der Waals surface area contributed by atoms with Crippen LogP contribution < -0.4 is 0 Å². The summed E-state index contributed by atoms with van der Waals surface area (Å²) in [4.78, 5) is 15.3. The summed E-state index contributed by atoms with van der Waals surface area (Å²) < 4.78 is 1.97. The monoisotopic (exact) mass is 448 g/mol. The van der Waals surface area contributed by atoms with Gasteiger partial charge in [-0.15, -0.1) is 20.4 Å². The van der Waals surface area contributed by atoms with Gasteiger partial charge in [0.2, 0.25) is 5.88 Å². The third-order valence-corrected chi connectivity index (χ3v) is 6.08. The van der Waals surface area contributed by atoms with Crippen molar-refractivity contribution < 1.29 is 9.90 Å². The molecular formula is C23H24N6O2S. The normalized spacial score (nSPS) is 11.6. The van der Waals surface area contributed by atoms with E-state index in [9.17, 15) is 9.90 Å². The lowest BCUT2D eigenvalue weighted by Gasteiger charge is -2.06. The highest BCUT2D eigenvalue weighted by Crippen LogP contribution is 2.37. The molecule has 9 heteroatoms. The highest BCUT2D eigenvalue weighted by molar-refractivity contribution is 7.99. The molecule has 2 aromatic carbocycles. The molecule has 2 heterocycles. The van der Waals surface area contributed by atoms with Gasteiger partial charge >= 0.3 is 0 Å². The lowest BCUT2D eigenvalue weighted by Crippen LogP contribution is -2.02. The van der Waals surface area contributed by atoms with E-state index in [-0.39, 0.29) is 17.3 Å². The van der Waals surface area contributed by atoms with E-state index in [1.807, 2.05) is 68.7 Å². The maximum absolute atomic E-state index is 12.4. The number of nitrogens with zero attached hydrogens (tertiary/aromatic N) is 5. The lowest BCUT2D eigenvalue weighted by molar-refractivity contribution is -0.115. The number of nitrogens with one attached hydrogen (secondary N) is 1. The fourth-order valence-electron chi connectivity index (χ4n) is 3.58. The maximum atomic E-state index is 12.4. The summed E-state index contributed by atoms with van der Waals surface area (Å²) in [5, 5.41) is 28.0. The minimum absolute atomic E-state index is 0.0662. The molecule has 0 bridgehead atoms. The number of benzene rings is 2. The predicted molar refractivity (Wildman–Crippen MR) is 126 cm³/mol. The number of hydrogen-bond acceptors (Lipinski definition) is 6. The van der Waals surface area contributed by atoms with Gasteiger partial charge in [-0.25, -0.2) is 0 Å². The molecule has 2 N–H and O–H groups in total. The molecule has 4 aromatic rings. The molecule has 0 spiro atoms. The molecule has 0 aliphatic rings. The van der Waals surface area contributed by atoms with Gasteiger partial charge in [-0.3, -0.25) is 4.79 Å². The Morgan fingerprint density at radius 3 is 2.59 bits per heavy atom. The summed E-state index contributed by atoms with van der Waals surface area (Å²) in [6.45, 7) is 8.64. The average molecular weight is 449 g/mol. The Balaban J connectivity index is 1.49. The highest BCUT2D eigenvalue weighted by Gasteiger charge is 2.16. The quantitative estimate of drug-likeness (QED) is 0.300. The first-order chi connectivity index (χ1) is 15.4.